The summed E-state index contributed by atoms with van der Waals surface area (Å²) in [6.07, 6.45) is -1.16. The molecular formula is C36H33FN4O10. The number of cyclic esters (lactones) is 1. The monoisotopic (exact) mass is 700 g/mol. The minimum atomic E-state index is -2.09. The Morgan fingerprint density at radius 3 is 2.55 bits per heavy atom. The fraction of sp³-hybridized carbons (Fsp3) is 0.361. The third-order valence-electron chi connectivity index (χ3n) is 9.54. The fourth-order valence-corrected chi connectivity index (χ4v) is 7.20. The minimum Gasteiger partial charge on any atom is -0.457 e. The van der Waals surface area contributed by atoms with Crippen LogP contribution < -0.4 is 15.6 Å². The maximum absolute atomic E-state index is 15.3. The van der Waals surface area contributed by atoms with Crippen LogP contribution in [-0.4, -0.2) is 38.3 Å². The molecule has 4 heterocycles. The molecule has 2 atom stereocenters. The first-order valence-electron chi connectivity index (χ1n) is 16.4. The number of carbonyl (C=O) groups is 3. The summed E-state index contributed by atoms with van der Waals surface area (Å²) in [5, 5.41) is 14.7. The van der Waals surface area contributed by atoms with Crippen molar-refractivity contribution in [1.82, 2.24) is 14.9 Å². The predicted octanol–water partition coefficient (Wildman–Crippen LogP) is 6.17. The lowest BCUT2D eigenvalue weighted by Crippen LogP contribution is -2.47. The van der Waals surface area contributed by atoms with Gasteiger partial charge in [-0.05, 0) is 81.8 Å². The second-order valence-electron chi connectivity index (χ2n) is 13.7. The average Bonchev–Trinajstić information content (AvgIpc) is 3.43. The molecule has 0 saturated carbocycles. The lowest BCUT2D eigenvalue weighted by molar-refractivity contribution is -0.384. The first-order chi connectivity index (χ1) is 24.1. The Morgan fingerprint density at radius 1 is 1.16 bits per heavy atom. The highest BCUT2D eigenvalue weighted by molar-refractivity contribution is 5.94. The Balaban J connectivity index is 1.34. The van der Waals surface area contributed by atoms with Gasteiger partial charge in [0.1, 0.15) is 23.8 Å². The summed E-state index contributed by atoms with van der Waals surface area (Å²) in [6, 6.07) is 7.01. The van der Waals surface area contributed by atoms with Gasteiger partial charge in [-0.1, -0.05) is 6.92 Å². The molecule has 1 amide bonds. The number of aromatic nitrogens is 2. The van der Waals surface area contributed by atoms with Crippen molar-refractivity contribution in [3.8, 4) is 17.1 Å². The van der Waals surface area contributed by atoms with Gasteiger partial charge in [0.25, 0.3) is 11.2 Å². The van der Waals surface area contributed by atoms with E-state index in [1.165, 1.54) is 22.8 Å². The smallest absolute Gasteiger partial charge is 0.457 e. The summed E-state index contributed by atoms with van der Waals surface area (Å²) in [4.78, 5) is 69.1. The Kier molecular flexibility index (Phi) is 7.84. The van der Waals surface area contributed by atoms with Gasteiger partial charge >= 0.3 is 18.2 Å². The quantitative estimate of drug-likeness (QED) is 0.0729. The van der Waals surface area contributed by atoms with E-state index in [-0.39, 0.29) is 42.1 Å². The molecule has 0 bridgehead atoms. The van der Waals surface area contributed by atoms with E-state index in [1.807, 2.05) is 0 Å². The van der Waals surface area contributed by atoms with Crippen molar-refractivity contribution >= 4 is 34.8 Å². The van der Waals surface area contributed by atoms with Crippen molar-refractivity contribution in [2.75, 3.05) is 0 Å². The molecule has 0 unspecified atom stereocenters. The number of fused-ring (bicyclic) bond motifs is 5. The molecule has 0 spiro atoms. The lowest BCUT2D eigenvalue weighted by Gasteiger charge is -2.35. The molecule has 264 valence electrons. The molecule has 0 fully saturated rings. The number of nitrogens with zero attached hydrogens (tertiary/aromatic N) is 3. The van der Waals surface area contributed by atoms with Gasteiger partial charge in [0, 0.05) is 34.7 Å². The van der Waals surface area contributed by atoms with Crippen LogP contribution in [0.4, 0.5) is 19.7 Å². The van der Waals surface area contributed by atoms with Crippen LogP contribution in [0.15, 0.2) is 41.2 Å². The van der Waals surface area contributed by atoms with E-state index in [0.717, 1.165) is 17.7 Å². The van der Waals surface area contributed by atoms with Crippen molar-refractivity contribution in [3.05, 3.63) is 96.1 Å². The van der Waals surface area contributed by atoms with Crippen LogP contribution in [0.25, 0.3) is 22.3 Å². The zero-order valence-corrected chi connectivity index (χ0v) is 28.4. The van der Waals surface area contributed by atoms with Crippen LogP contribution >= 0.6 is 0 Å². The van der Waals surface area contributed by atoms with E-state index < -0.39 is 51.8 Å². The summed E-state index contributed by atoms with van der Waals surface area (Å²) in [7, 11) is 0. The highest BCUT2D eigenvalue weighted by atomic mass is 19.1. The molecule has 0 radical (unpaired) electrons. The van der Waals surface area contributed by atoms with Crippen LogP contribution in [0.2, 0.25) is 0 Å². The summed E-state index contributed by atoms with van der Waals surface area (Å²) in [6.45, 7) is 8.22. The summed E-state index contributed by atoms with van der Waals surface area (Å²) in [5.74, 6) is -1.44. The number of halogens is 1. The zero-order valence-electron chi connectivity index (χ0n) is 28.4. The molecule has 1 N–H and O–H groups in total. The number of non-ortho nitro benzene ring substituents is 1. The Labute approximate surface area is 289 Å². The first-order valence-corrected chi connectivity index (χ1v) is 16.4. The molecular weight excluding hydrogens is 667 g/mol. The van der Waals surface area contributed by atoms with E-state index in [4.69, 9.17) is 23.9 Å². The molecule has 1 aliphatic carbocycles. The SMILES string of the molecule is CC[C@@]1(OC(=O)Oc2ccc([N+](=O)[O-])cc2)C(=O)OCc2c1cc1n(c2=O)Cc2c-1nc1cc(F)c(C)c3c1c2[C@@H](NC(=O)OC(C)(C)C)CC3. The molecule has 14 nitrogen and oxygen atoms in total. The van der Waals surface area contributed by atoms with Crippen LogP contribution in [0.3, 0.4) is 0 Å². The molecule has 0 saturated heterocycles. The molecule has 51 heavy (non-hydrogen) atoms. The van der Waals surface area contributed by atoms with E-state index in [0.29, 0.717) is 51.8 Å². The number of nitrogens with one attached hydrogen (secondary N) is 1. The second kappa shape index (κ2) is 11.9. The average molecular weight is 701 g/mol. The number of hydrogen-bond acceptors (Lipinski definition) is 11. The minimum absolute atomic E-state index is 0.0630. The number of nitro groups is 1. The van der Waals surface area contributed by atoms with Gasteiger partial charge in [-0.2, -0.15) is 0 Å². The highest BCUT2D eigenvalue weighted by Crippen LogP contribution is 2.46. The van der Waals surface area contributed by atoms with E-state index in [2.05, 4.69) is 5.32 Å². The van der Waals surface area contributed by atoms with E-state index >= 15 is 4.39 Å². The summed E-state index contributed by atoms with van der Waals surface area (Å²) < 4.78 is 38.6. The van der Waals surface area contributed by atoms with Crippen LogP contribution in [-0.2, 0) is 44.2 Å². The van der Waals surface area contributed by atoms with Crippen LogP contribution in [0.1, 0.15) is 80.0 Å². The number of benzene rings is 2. The van der Waals surface area contributed by atoms with Gasteiger partial charge in [0.15, 0.2) is 0 Å². The fourth-order valence-electron chi connectivity index (χ4n) is 7.20. The van der Waals surface area contributed by atoms with Gasteiger partial charge < -0.3 is 28.8 Å². The predicted molar refractivity (Wildman–Crippen MR) is 178 cm³/mol. The molecule has 15 heteroatoms. The number of hydrogen-bond donors (Lipinski definition) is 1. The summed E-state index contributed by atoms with van der Waals surface area (Å²) in [5.41, 5.74) is 0.155. The largest absolute Gasteiger partial charge is 0.515 e. The van der Waals surface area contributed by atoms with Crippen molar-refractivity contribution < 1.29 is 42.6 Å². The molecule has 4 aromatic rings. The topological polar surface area (TPSA) is 178 Å². The van der Waals surface area contributed by atoms with Gasteiger partial charge in [-0.25, -0.2) is 23.8 Å². The number of alkyl carbamates (subject to hydrolysis) is 1. The molecule has 2 aromatic heterocycles. The molecule has 2 aromatic carbocycles. The van der Waals surface area contributed by atoms with Crippen LogP contribution in [0, 0.1) is 22.9 Å². The third-order valence-corrected chi connectivity index (χ3v) is 9.54. The van der Waals surface area contributed by atoms with Crippen molar-refractivity contribution in [2.45, 2.75) is 84.3 Å². The maximum atomic E-state index is 15.3. The first kappa shape index (κ1) is 33.6. The highest BCUT2D eigenvalue weighted by Gasteiger charge is 2.51. The van der Waals surface area contributed by atoms with Gasteiger partial charge in [-0.15, -0.1) is 0 Å². The molecule has 2 aliphatic heterocycles. The Hall–Kier alpha value is -5.86. The van der Waals surface area contributed by atoms with Gasteiger partial charge in [-0.3, -0.25) is 14.9 Å². The van der Waals surface area contributed by atoms with E-state index in [9.17, 15) is 29.3 Å². The number of nitro benzene ring substituents is 1. The number of carbonyl (C=O) groups excluding carboxylic acids is 3. The number of ether oxygens (including phenoxy) is 4. The zero-order chi connectivity index (χ0) is 36.6. The number of pyridine rings is 2. The van der Waals surface area contributed by atoms with Crippen LogP contribution in [0.5, 0.6) is 5.75 Å². The maximum Gasteiger partial charge on any atom is 0.515 e. The van der Waals surface area contributed by atoms with Gasteiger partial charge in [0.2, 0.25) is 5.60 Å². The normalized spacial score (nSPS) is 18.6. The summed E-state index contributed by atoms with van der Waals surface area (Å²) >= 11 is 0. The Morgan fingerprint density at radius 2 is 1.88 bits per heavy atom. The third kappa shape index (κ3) is 5.52. The second-order valence-corrected chi connectivity index (χ2v) is 13.7. The van der Waals surface area contributed by atoms with E-state index in [1.54, 1.807) is 40.7 Å². The number of aryl methyl sites for hydroxylation is 1. The lowest BCUT2D eigenvalue weighted by atomic mass is 9.81. The number of esters is 1. The van der Waals surface area contributed by atoms with Crippen molar-refractivity contribution in [2.24, 2.45) is 0 Å². The number of rotatable bonds is 5. The Bertz CT molecular complexity index is 2260. The molecule has 3 aliphatic rings. The van der Waals surface area contributed by atoms with Crippen molar-refractivity contribution in [3.63, 3.8) is 0 Å². The number of amides is 1. The standard InChI is InChI=1S/C36H33FN4O10/c1-6-36(51-34(45)49-19-9-7-18(8-10-19)41(46)47)23-13-27-30-21(15-40(27)31(42)22(23)16-48-32(36)43)29-25(39-33(44)50-35(3,4)5)12-11-20-17(2)24(37)14-26(38-30)28(20)29/h7-10,13-14,25H,6,11-12,15-16H2,1-5H3,(H,39,44)/t25-,36-/m0/s1. The van der Waals surface area contributed by atoms with Crippen molar-refractivity contribution in [1.29, 1.82) is 0 Å². The molecule has 7 rings (SSSR count). The van der Waals surface area contributed by atoms with Gasteiger partial charge in [0.05, 0.1) is 40.0 Å².